The van der Waals surface area contributed by atoms with E-state index in [4.69, 9.17) is 9.47 Å². The lowest BCUT2D eigenvalue weighted by Crippen LogP contribution is -2.45. The molecular formula is C19H21F3IN3O2. The fourth-order valence-corrected chi connectivity index (χ4v) is 2.59. The van der Waals surface area contributed by atoms with E-state index in [0.29, 0.717) is 31.4 Å². The third-order valence-corrected chi connectivity index (χ3v) is 4.03. The van der Waals surface area contributed by atoms with Gasteiger partial charge in [-0.25, -0.2) is 0 Å². The average molecular weight is 507 g/mol. The second-order valence-electron chi connectivity index (χ2n) is 6.00. The van der Waals surface area contributed by atoms with Crippen molar-refractivity contribution in [2.75, 3.05) is 20.2 Å². The summed E-state index contributed by atoms with van der Waals surface area (Å²) < 4.78 is 49.3. The topological polar surface area (TPSA) is 54.9 Å². The molecule has 0 fully saturated rings. The number of nitrogens with zero attached hydrogens (tertiary/aromatic N) is 1. The summed E-state index contributed by atoms with van der Waals surface area (Å²) in [6.07, 6.45) is -4.51. The van der Waals surface area contributed by atoms with Crippen LogP contribution in [0.25, 0.3) is 0 Å². The minimum Gasteiger partial charge on any atom is -0.486 e. The maximum atomic E-state index is 12.6. The van der Waals surface area contributed by atoms with Crippen LogP contribution in [0.2, 0.25) is 0 Å². The van der Waals surface area contributed by atoms with Gasteiger partial charge >= 0.3 is 6.18 Å². The number of hydrogen-bond donors (Lipinski definition) is 2. The summed E-state index contributed by atoms with van der Waals surface area (Å²) in [7, 11) is 1.62. The number of nitrogens with one attached hydrogen (secondary N) is 2. The molecule has 1 aliphatic rings. The average Bonchev–Trinajstić information content (AvgIpc) is 2.67. The zero-order valence-corrected chi connectivity index (χ0v) is 17.5. The molecule has 9 heteroatoms. The monoisotopic (exact) mass is 507 g/mol. The van der Waals surface area contributed by atoms with Crippen LogP contribution in [0, 0.1) is 0 Å². The molecule has 1 atom stereocenters. The largest absolute Gasteiger partial charge is 0.486 e. The summed E-state index contributed by atoms with van der Waals surface area (Å²) in [5.41, 5.74) is 0.0561. The molecule has 152 valence electrons. The van der Waals surface area contributed by atoms with Gasteiger partial charge in [-0.05, 0) is 29.8 Å². The van der Waals surface area contributed by atoms with Crippen LogP contribution >= 0.6 is 24.0 Å². The molecule has 2 N–H and O–H groups in total. The maximum Gasteiger partial charge on any atom is 0.416 e. The Kier molecular flexibility index (Phi) is 7.78. The molecule has 2 aromatic rings. The molecule has 0 saturated carbocycles. The van der Waals surface area contributed by atoms with Gasteiger partial charge in [-0.1, -0.05) is 24.3 Å². The molecule has 1 aliphatic heterocycles. The van der Waals surface area contributed by atoms with Crippen LogP contribution in [0.5, 0.6) is 11.5 Å². The van der Waals surface area contributed by atoms with Gasteiger partial charge in [-0.2, -0.15) is 13.2 Å². The number of hydrogen-bond acceptors (Lipinski definition) is 3. The molecule has 1 unspecified atom stereocenters. The lowest BCUT2D eigenvalue weighted by molar-refractivity contribution is -0.137. The van der Waals surface area contributed by atoms with E-state index < -0.39 is 11.7 Å². The van der Waals surface area contributed by atoms with E-state index in [1.165, 1.54) is 12.1 Å². The van der Waals surface area contributed by atoms with Gasteiger partial charge in [0.15, 0.2) is 17.5 Å². The Hall–Kier alpha value is -2.17. The molecule has 1 heterocycles. The van der Waals surface area contributed by atoms with Gasteiger partial charge < -0.3 is 20.1 Å². The highest BCUT2D eigenvalue weighted by molar-refractivity contribution is 14.0. The van der Waals surface area contributed by atoms with Gasteiger partial charge in [0, 0.05) is 13.6 Å². The molecule has 3 rings (SSSR count). The highest BCUT2D eigenvalue weighted by Gasteiger charge is 2.29. The summed E-state index contributed by atoms with van der Waals surface area (Å²) in [6.45, 7) is 1.24. The normalized spacial score (nSPS) is 16.1. The molecule has 0 aromatic heterocycles. The van der Waals surface area contributed by atoms with E-state index in [1.807, 2.05) is 24.3 Å². The van der Waals surface area contributed by atoms with E-state index in [-0.39, 0.29) is 30.1 Å². The van der Waals surface area contributed by atoms with E-state index >= 15 is 0 Å². The van der Waals surface area contributed by atoms with Crippen molar-refractivity contribution in [1.82, 2.24) is 10.6 Å². The molecule has 28 heavy (non-hydrogen) atoms. The predicted octanol–water partition coefficient (Wildman–Crippen LogP) is 3.83. The van der Waals surface area contributed by atoms with Gasteiger partial charge in [-0.15, -0.1) is 24.0 Å². The van der Waals surface area contributed by atoms with Crippen molar-refractivity contribution in [2.24, 2.45) is 4.99 Å². The van der Waals surface area contributed by atoms with Gasteiger partial charge in [0.05, 0.1) is 12.1 Å². The van der Waals surface area contributed by atoms with Crippen molar-refractivity contribution < 1.29 is 22.6 Å². The number of fused-ring (bicyclic) bond motifs is 1. The first kappa shape index (κ1) is 22.1. The van der Waals surface area contributed by atoms with Gasteiger partial charge in [-0.3, -0.25) is 4.99 Å². The number of ether oxygens (including phenoxy) is 2. The number of rotatable bonds is 4. The minimum absolute atomic E-state index is 0. The third-order valence-electron chi connectivity index (χ3n) is 4.03. The van der Waals surface area contributed by atoms with Crippen LogP contribution in [0.1, 0.15) is 11.1 Å². The highest BCUT2D eigenvalue weighted by atomic mass is 127. The van der Waals surface area contributed by atoms with Gasteiger partial charge in [0.1, 0.15) is 12.7 Å². The summed E-state index contributed by atoms with van der Waals surface area (Å²) >= 11 is 0. The fourth-order valence-electron chi connectivity index (χ4n) is 2.59. The van der Waals surface area contributed by atoms with Crippen LogP contribution in [-0.4, -0.2) is 32.3 Å². The first-order valence-corrected chi connectivity index (χ1v) is 8.45. The van der Waals surface area contributed by atoms with Crippen LogP contribution in [-0.2, 0) is 12.7 Å². The van der Waals surface area contributed by atoms with Crippen molar-refractivity contribution in [3.05, 3.63) is 59.7 Å². The molecule has 0 radical (unpaired) electrons. The molecule has 2 aromatic carbocycles. The quantitative estimate of drug-likeness (QED) is 0.376. The molecular weight excluding hydrogens is 486 g/mol. The summed E-state index contributed by atoms with van der Waals surface area (Å²) in [6, 6.07) is 12.5. The Balaban J connectivity index is 0.00000280. The van der Waals surface area contributed by atoms with Gasteiger partial charge in [0.2, 0.25) is 0 Å². The van der Waals surface area contributed by atoms with Crippen LogP contribution in [0.4, 0.5) is 13.2 Å². The zero-order chi connectivity index (χ0) is 19.3. The standard InChI is InChI=1S/C19H20F3N3O2.HI/c1-23-18(24-10-13-6-8-14(9-7-13)19(20,21)22)25-11-15-12-26-16-4-2-3-5-17(16)27-15;/h2-9,15H,10-12H2,1H3,(H2,23,24,25);1H. The Labute approximate surface area is 178 Å². The lowest BCUT2D eigenvalue weighted by Gasteiger charge is -2.27. The van der Waals surface area contributed by atoms with Crippen molar-refractivity contribution >= 4 is 29.9 Å². The van der Waals surface area contributed by atoms with Crippen LogP contribution in [0.3, 0.4) is 0 Å². The molecule has 0 spiro atoms. The van der Waals surface area contributed by atoms with Crippen LogP contribution in [0.15, 0.2) is 53.5 Å². The van der Waals surface area contributed by atoms with E-state index in [1.54, 1.807) is 7.05 Å². The van der Waals surface area contributed by atoms with E-state index in [2.05, 4.69) is 15.6 Å². The second-order valence-corrected chi connectivity index (χ2v) is 6.00. The fraction of sp³-hybridized carbons (Fsp3) is 0.316. The van der Waals surface area contributed by atoms with E-state index in [9.17, 15) is 13.2 Å². The van der Waals surface area contributed by atoms with Crippen LogP contribution < -0.4 is 20.1 Å². The summed E-state index contributed by atoms with van der Waals surface area (Å²) in [5, 5.41) is 6.19. The van der Waals surface area contributed by atoms with Crippen molar-refractivity contribution in [2.45, 2.75) is 18.8 Å². The number of halogens is 4. The smallest absolute Gasteiger partial charge is 0.416 e. The van der Waals surface area contributed by atoms with Crippen molar-refractivity contribution in [1.29, 1.82) is 0 Å². The zero-order valence-electron chi connectivity index (χ0n) is 15.1. The van der Waals surface area contributed by atoms with E-state index in [0.717, 1.165) is 23.4 Å². The number of para-hydroxylation sites is 2. The Morgan fingerprint density at radius 3 is 2.39 bits per heavy atom. The number of alkyl halides is 3. The van der Waals surface area contributed by atoms with Crippen molar-refractivity contribution in [3.63, 3.8) is 0 Å². The lowest BCUT2D eigenvalue weighted by atomic mass is 10.1. The second kappa shape index (κ2) is 9.85. The number of aliphatic imine (C=N–C) groups is 1. The molecule has 0 bridgehead atoms. The summed E-state index contributed by atoms with van der Waals surface area (Å²) in [4.78, 5) is 4.11. The SMILES string of the molecule is CN=C(NCc1ccc(C(F)(F)F)cc1)NCC1COc2ccccc2O1.I. The molecule has 0 amide bonds. The van der Waals surface area contributed by atoms with Gasteiger partial charge in [0.25, 0.3) is 0 Å². The number of guanidine groups is 1. The predicted molar refractivity (Wildman–Crippen MR) is 111 cm³/mol. The van der Waals surface area contributed by atoms with Crippen molar-refractivity contribution in [3.8, 4) is 11.5 Å². The highest BCUT2D eigenvalue weighted by Crippen LogP contribution is 2.31. The summed E-state index contributed by atoms with van der Waals surface area (Å²) in [5.74, 6) is 1.94. The molecule has 0 aliphatic carbocycles. The third kappa shape index (κ3) is 5.91. The Morgan fingerprint density at radius 2 is 1.75 bits per heavy atom. The Bertz CT molecular complexity index is 798. The molecule has 5 nitrogen and oxygen atoms in total. The minimum atomic E-state index is -4.33. The maximum absolute atomic E-state index is 12.6. The Morgan fingerprint density at radius 1 is 1.07 bits per heavy atom. The molecule has 0 saturated heterocycles. The first-order valence-electron chi connectivity index (χ1n) is 8.45. The number of benzene rings is 2. The first-order chi connectivity index (χ1) is 13.0.